The summed E-state index contributed by atoms with van der Waals surface area (Å²) in [6, 6.07) is 22.1. The van der Waals surface area contributed by atoms with Gasteiger partial charge in [0.2, 0.25) is 0 Å². The second kappa shape index (κ2) is 7.28. The number of fused-ring (bicyclic) bond motifs is 1. The van der Waals surface area contributed by atoms with Gasteiger partial charge < -0.3 is 10.7 Å². The molecule has 1 aromatic heterocycles. The molecule has 3 aromatic carbocycles. The van der Waals surface area contributed by atoms with Gasteiger partial charge in [-0.3, -0.25) is 0 Å². The van der Waals surface area contributed by atoms with Gasteiger partial charge in [-0.15, -0.1) is 0 Å². The number of hydrogen-bond acceptors (Lipinski definition) is 1. The predicted octanol–water partition coefficient (Wildman–Crippen LogP) is 6.10. The molecular formula is C22H17BrClN2. The zero-order valence-corrected chi connectivity index (χ0v) is 16.4. The van der Waals surface area contributed by atoms with Gasteiger partial charge in [0.1, 0.15) is 0 Å². The monoisotopic (exact) mass is 423 g/mol. The molecule has 4 heteroatoms. The number of aromatic amines is 1. The Morgan fingerprint density at radius 2 is 1.85 bits per heavy atom. The van der Waals surface area contributed by atoms with Crippen molar-refractivity contribution in [2.75, 3.05) is 0 Å². The van der Waals surface area contributed by atoms with Crippen LogP contribution in [0.3, 0.4) is 0 Å². The maximum absolute atomic E-state index is 6.12. The Hall–Kier alpha value is -2.07. The molecule has 0 fully saturated rings. The van der Waals surface area contributed by atoms with Crippen molar-refractivity contribution >= 4 is 38.4 Å². The van der Waals surface area contributed by atoms with Crippen LogP contribution in [0.4, 0.5) is 0 Å². The number of nitrogens with one attached hydrogen (secondary N) is 1. The summed E-state index contributed by atoms with van der Waals surface area (Å²) in [6.07, 6.45) is 2.86. The molecule has 0 aliphatic rings. The first-order valence-electron chi connectivity index (χ1n) is 8.39. The summed E-state index contributed by atoms with van der Waals surface area (Å²) in [4.78, 5) is 3.32. The maximum Gasteiger partial charge on any atom is 0.0475 e. The largest absolute Gasteiger partial charge is 0.360 e. The lowest BCUT2D eigenvalue weighted by Gasteiger charge is -2.11. The summed E-state index contributed by atoms with van der Waals surface area (Å²) in [5.74, 6) is 0. The van der Waals surface area contributed by atoms with Crippen molar-refractivity contribution in [2.45, 2.75) is 13.0 Å². The summed E-state index contributed by atoms with van der Waals surface area (Å²) in [5, 5.41) is 1.86. The molecule has 0 unspecified atom stereocenters. The molecule has 0 atom stereocenters. The second-order valence-corrected chi connectivity index (χ2v) is 7.64. The van der Waals surface area contributed by atoms with E-state index in [9.17, 15) is 0 Å². The second-order valence-electron chi connectivity index (χ2n) is 6.28. The smallest absolute Gasteiger partial charge is 0.0475 e. The zero-order chi connectivity index (χ0) is 18.1. The van der Waals surface area contributed by atoms with Gasteiger partial charge in [-0.05, 0) is 59.0 Å². The SMILES string of the molecule is NCc1[c]c(-c2c[nH]c3cc(Cl)ccc23)c(Cc2ccc(Br)cc2)cc1. The van der Waals surface area contributed by atoms with Crippen molar-refractivity contribution in [3.8, 4) is 11.1 Å². The van der Waals surface area contributed by atoms with E-state index in [-0.39, 0.29) is 0 Å². The van der Waals surface area contributed by atoms with E-state index in [2.05, 4.69) is 69.4 Å². The molecule has 0 saturated heterocycles. The fraction of sp³-hybridized carbons (Fsp3) is 0.0909. The summed E-state index contributed by atoms with van der Waals surface area (Å²) < 4.78 is 1.08. The fourth-order valence-corrected chi connectivity index (χ4v) is 3.64. The van der Waals surface area contributed by atoms with Gasteiger partial charge in [0.05, 0.1) is 0 Å². The number of H-pyrrole nitrogens is 1. The molecule has 0 aliphatic heterocycles. The Balaban J connectivity index is 1.83. The Morgan fingerprint density at radius 3 is 2.62 bits per heavy atom. The minimum Gasteiger partial charge on any atom is -0.360 e. The quantitative estimate of drug-likeness (QED) is 0.408. The third-order valence-electron chi connectivity index (χ3n) is 4.53. The number of benzene rings is 3. The van der Waals surface area contributed by atoms with Crippen LogP contribution in [0.15, 0.2) is 65.3 Å². The highest BCUT2D eigenvalue weighted by Gasteiger charge is 2.13. The van der Waals surface area contributed by atoms with Crippen LogP contribution in [0.2, 0.25) is 5.02 Å². The molecule has 3 N–H and O–H groups in total. The number of aromatic nitrogens is 1. The van der Waals surface area contributed by atoms with E-state index in [1.807, 2.05) is 18.3 Å². The van der Waals surface area contributed by atoms with Crippen LogP contribution in [-0.2, 0) is 13.0 Å². The average molecular weight is 425 g/mol. The fourth-order valence-electron chi connectivity index (χ4n) is 3.20. The molecular weight excluding hydrogens is 408 g/mol. The number of rotatable bonds is 4. The molecule has 26 heavy (non-hydrogen) atoms. The van der Waals surface area contributed by atoms with E-state index in [4.69, 9.17) is 17.3 Å². The van der Waals surface area contributed by atoms with Crippen molar-refractivity contribution in [3.63, 3.8) is 0 Å². The van der Waals surface area contributed by atoms with E-state index in [0.29, 0.717) is 6.54 Å². The van der Waals surface area contributed by atoms with Crippen LogP contribution in [0, 0.1) is 6.07 Å². The minimum absolute atomic E-state index is 0.472. The summed E-state index contributed by atoms with van der Waals surface area (Å²) in [7, 11) is 0. The lowest BCUT2D eigenvalue weighted by molar-refractivity contribution is 1.06. The normalized spacial score (nSPS) is 11.2. The summed E-state index contributed by atoms with van der Waals surface area (Å²) >= 11 is 9.62. The highest BCUT2D eigenvalue weighted by atomic mass is 79.9. The van der Waals surface area contributed by atoms with E-state index in [0.717, 1.165) is 43.5 Å². The van der Waals surface area contributed by atoms with Crippen LogP contribution in [0.1, 0.15) is 16.7 Å². The molecule has 4 rings (SSSR count). The number of hydrogen-bond donors (Lipinski definition) is 2. The molecule has 1 heterocycles. The van der Waals surface area contributed by atoms with Crippen LogP contribution < -0.4 is 5.73 Å². The van der Waals surface area contributed by atoms with Crippen LogP contribution in [0.5, 0.6) is 0 Å². The Morgan fingerprint density at radius 1 is 1.04 bits per heavy atom. The van der Waals surface area contributed by atoms with Gasteiger partial charge in [0.25, 0.3) is 0 Å². The van der Waals surface area contributed by atoms with Crippen molar-refractivity contribution in [3.05, 3.63) is 93.0 Å². The van der Waals surface area contributed by atoms with Crippen LogP contribution in [-0.4, -0.2) is 4.98 Å². The molecule has 2 nitrogen and oxygen atoms in total. The molecule has 129 valence electrons. The van der Waals surface area contributed by atoms with E-state index in [1.165, 1.54) is 11.1 Å². The molecule has 0 saturated carbocycles. The molecule has 4 aromatic rings. The Bertz CT molecular complexity index is 1070. The third kappa shape index (κ3) is 3.43. The van der Waals surface area contributed by atoms with Crippen molar-refractivity contribution in [1.82, 2.24) is 4.98 Å². The summed E-state index contributed by atoms with van der Waals surface area (Å²) in [6.45, 7) is 0.472. The molecule has 1 radical (unpaired) electrons. The molecule has 0 amide bonds. The van der Waals surface area contributed by atoms with E-state index in [1.54, 1.807) is 0 Å². The molecule has 0 bridgehead atoms. The van der Waals surface area contributed by atoms with E-state index < -0.39 is 0 Å². The highest BCUT2D eigenvalue weighted by molar-refractivity contribution is 9.10. The first-order chi connectivity index (χ1) is 12.6. The summed E-state index contributed by atoms with van der Waals surface area (Å²) in [5.41, 5.74) is 12.6. The number of nitrogens with two attached hydrogens (primary N) is 1. The lowest BCUT2D eigenvalue weighted by Crippen LogP contribution is -1.99. The van der Waals surface area contributed by atoms with Crippen molar-refractivity contribution in [1.29, 1.82) is 0 Å². The van der Waals surface area contributed by atoms with Crippen molar-refractivity contribution < 1.29 is 0 Å². The predicted molar refractivity (Wildman–Crippen MR) is 112 cm³/mol. The molecule has 0 spiro atoms. The van der Waals surface area contributed by atoms with Gasteiger partial charge in [0.15, 0.2) is 0 Å². The Kier molecular flexibility index (Phi) is 4.86. The average Bonchev–Trinajstić information content (AvgIpc) is 3.06. The van der Waals surface area contributed by atoms with Gasteiger partial charge in [0, 0.05) is 38.7 Å². The Labute approximate surface area is 166 Å². The van der Waals surface area contributed by atoms with Crippen LogP contribution >= 0.6 is 27.5 Å². The van der Waals surface area contributed by atoms with Gasteiger partial charge in [-0.25, -0.2) is 0 Å². The first kappa shape index (κ1) is 17.3. The standard InChI is InChI=1S/C22H17BrClN2/c23-17-5-2-14(3-6-17)9-16-4-1-15(12-25)10-20(16)21-13-26-22-11-18(24)7-8-19(21)22/h1-8,11,13,26H,9,12,25H2. The maximum atomic E-state index is 6.12. The van der Waals surface area contributed by atoms with Crippen LogP contribution in [0.25, 0.3) is 22.0 Å². The van der Waals surface area contributed by atoms with Gasteiger partial charge in [-0.2, -0.15) is 0 Å². The zero-order valence-electron chi connectivity index (χ0n) is 14.0. The van der Waals surface area contributed by atoms with Crippen molar-refractivity contribution in [2.24, 2.45) is 5.73 Å². The lowest BCUT2D eigenvalue weighted by atomic mass is 9.93. The number of halogens is 2. The molecule has 0 aliphatic carbocycles. The topological polar surface area (TPSA) is 41.8 Å². The third-order valence-corrected chi connectivity index (χ3v) is 5.30. The first-order valence-corrected chi connectivity index (χ1v) is 9.57. The highest BCUT2D eigenvalue weighted by Crippen LogP contribution is 2.33. The van der Waals surface area contributed by atoms with Gasteiger partial charge >= 0.3 is 0 Å². The minimum atomic E-state index is 0.472. The van der Waals surface area contributed by atoms with E-state index >= 15 is 0 Å². The van der Waals surface area contributed by atoms with Gasteiger partial charge in [-0.1, -0.05) is 57.9 Å².